The number of aromatic nitrogens is 2. The van der Waals surface area contributed by atoms with Gasteiger partial charge in [0.1, 0.15) is 0 Å². The fourth-order valence-electron chi connectivity index (χ4n) is 2.20. The van der Waals surface area contributed by atoms with E-state index in [0.29, 0.717) is 13.0 Å². The van der Waals surface area contributed by atoms with Crippen molar-refractivity contribution >= 4 is 18.3 Å². The third-order valence-electron chi connectivity index (χ3n) is 3.34. The molecule has 0 aliphatic rings. The van der Waals surface area contributed by atoms with Crippen molar-refractivity contribution < 1.29 is 4.79 Å². The summed E-state index contributed by atoms with van der Waals surface area (Å²) < 4.78 is 1.78. The summed E-state index contributed by atoms with van der Waals surface area (Å²) in [5, 5.41) is 7.00. The second-order valence-corrected chi connectivity index (χ2v) is 5.21. The van der Waals surface area contributed by atoms with Crippen molar-refractivity contribution in [3.8, 4) is 0 Å². The zero-order valence-electron chi connectivity index (χ0n) is 12.7. The molecule has 1 heterocycles. The number of benzene rings is 1. The lowest BCUT2D eigenvalue weighted by atomic mass is 10.1. The average molecular weight is 323 g/mol. The number of carbonyl (C=O) groups excluding carboxylic acids is 1. The normalized spacial score (nSPS) is 11.5. The second kappa shape index (κ2) is 9.23. The molecule has 6 heteroatoms. The van der Waals surface area contributed by atoms with Crippen molar-refractivity contribution in [2.24, 2.45) is 12.8 Å². The number of amides is 1. The van der Waals surface area contributed by atoms with Gasteiger partial charge in [-0.05, 0) is 30.4 Å². The van der Waals surface area contributed by atoms with Crippen LogP contribution in [0.2, 0.25) is 0 Å². The fourth-order valence-corrected chi connectivity index (χ4v) is 2.20. The minimum atomic E-state index is -0.495. The number of hydrogen-bond donors (Lipinski definition) is 2. The van der Waals surface area contributed by atoms with Crippen LogP contribution in [0.4, 0.5) is 0 Å². The van der Waals surface area contributed by atoms with Crippen molar-refractivity contribution in [1.29, 1.82) is 0 Å². The maximum atomic E-state index is 11.9. The fraction of sp³-hybridized carbons (Fsp3) is 0.375. The molecule has 1 aromatic heterocycles. The van der Waals surface area contributed by atoms with E-state index in [2.05, 4.69) is 10.4 Å². The van der Waals surface area contributed by atoms with E-state index in [-0.39, 0.29) is 18.3 Å². The Balaban J connectivity index is 0.00000242. The van der Waals surface area contributed by atoms with Gasteiger partial charge >= 0.3 is 0 Å². The van der Waals surface area contributed by atoms with E-state index in [1.165, 1.54) is 5.56 Å². The van der Waals surface area contributed by atoms with Gasteiger partial charge in [-0.1, -0.05) is 30.3 Å². The van der Waals surface area contributed by atoms with Gasteiger partial charge in [0, 0.05) is 19.8 Å². The number of nitrogens with zero attached hydrogens (tertiary/aromatic N) is 2. The number of rotatable bonds is 7. The van der Waals surface area contributed by atoms with Crippen LogP contribution in [0.25, 0.3) is 0 Å². The van der Waals surface area contributed by atoms with Crippen LogP contribution in [0.3, 0.4) is 0 Å². The number of hydrogen-bond acceptors (Lipinski definition) is 3. The summed E-state index contributed by atoms with van der Waals surface area (Å²) in [6, 6.07) is 9.33. The molecule has 0 radical (unpaired) electrons. The van der Waals surface area contributed by atoms with Crippen molar-refractivity contribution in [2.75, 3.05) is 6.54 Å². The first-order valence-corrected chi connectivity index (χ1v) is 7.20. The average Bonchev–Trinajstić information content (AvgIpc) is 2.90. The predicted molar refractivity (Wildman–Crippen MR) is 89.9 cm³/mol. The number of aryl methyl sites for hydroxylation is 2. The molecule has 1 amide bonds. The van der Waals surface area contributed by atoms with Crippen LogP contribution in [0.1, 0.15) is 17.5 Å². The van der Waals surface area contributed by atoms with Gasteiger partial charge in [0.05, 0.1) is 12.2 Å². The van der Waals surface area contributed by atoms with E-state index < -0.39 is 6.04 Å². The highest BCUT2D eigenvalue weighted by molar-refractivity contribution is 5.85. The number of nitrogens with one attached hydrogen (secondary N) is 1. The van der Waals surface area contributed by atoms with Crippen LogP contribution in [0.15, 0.2) is 42.7 Å². The maximum absolute atomic E-state index is 11.9. The molecular formula is C16H23ClN4O. The molecule has 0 aliphatic heterocycles. The van der Waals surface area contributed by atoms with Gasteiger partial charge in [-0.3, -0.25) is 9.48 Å². The monoisotopic (exact) mass is 322 g/mol. The van der Waals surface area contributed by atoms with Gasteiger partial charge in [-0.2, -0.15) is 5.10 Å². The SMILES string of the molecule is Cl.Cn1cc(CCCNC(=O)[C@@H](N)Cc2ccccc2)cn1. The van der Waals surface area contributed by atoms with Crippen LogP contribution in [0, 0.1) is 0 Å². The van der Waals surface area contributed by atoms with Gasteiger partial charge < -0.3 is 11.1 Å². The summed E-state index contributed by atoms with van der Waals surface area (Å²) in [6.07, 6.45) is 6.19. The smallest absolute Gasteiger partial charge is 0.237 e. The summed E-state index contributed by atoms with van der Waals surface area (Å²) in [7, 11) is 1.90. The van der Waals surface area contributed by atoms with E-state index in [1.807, 2.05) is 49.8 Å². The van der Waals surface area contributed by atoms with Crippen molar-refractivity contribution in [3.05, 3.63) is 53.9 Å². The Morgan fingerprint density at radius 1 is 1.32 bits per heavy atom. The maximum Gasteiger partial charge on any atom is 0.237 e. The van der Waals surface area contributed by atoms with E-state index in [4.69, 9.17) is 5.73 Å². The number of halogens is 1. The minimum absolute atomic E-state index is 0. The molecule has 5 nitrogen and oxygen atoms in total. The lowest BCUT2D eigenvalue weighted by Gasteiger charge is -2.12. The summed E-state index contributed by atoms with van der Waals surface area (Å²) >= 11 is 0. The van der Waals surface area contributed by atoms with Gasteiger partial charge in [0.2, 0.25) is 5.91 Å². The molecule has 0 spiro atoms. The number of nitrogens with two attached hydrogens (primary N) is 1. The van der Waals surface area contributed by atoms with Crippen LogP contribution < -0.4 is 11.1 Å². The van der Waals surface area contributed by atoms with Crippen molar-refractivity contribution in [3.63, 3.8) is 0 Å². The molecule has 0 unspecified atom stereocenters. The molecule has 0 saturated heterocycles. The van der Waals surface area contributed by atoms with Gasteiger partial charge in [0.15, 0.2) is 0 Å². The van der Waals surface area contributed by atoms with Crippen molar-refractivity contribution in [2.45, 2.75) is 25.3 Å². The molecule has 0 saturated carbocycles. The highest BCUT2D eigenvalue weighted by atomic mass is 35.5. The van der Waals surface area contributed by atoms with Gasteiger partial charge in [-0.25, -0.2) is 0 Å². The molecular weight excluding hydrogens is 300 g/mol. The largest absolute Gasteiger partial charge is 0.355 e. The van der Waals surface area contributed by atoms with Gasteiger partial charge in [0.25, 0.3) is 0 Å². The summed E-state index contributed by atoms with van der Waals surface area (Å²) in [5.74, 6) is -0.0926. The van der Waals surface area contributed by atoms with Gasteiger partial charge in [-0.15, -0.1) is 12.4 Å². The first-order valence-electron chi connectivity index (χ1n) is 7.20. The minimum Gasteiger partial charge on any atom is -0.355 e. The Morgan fingerprint density at radius 2 is 2.05 bits per heavy atom. The van der Waals surface area contributed by atoms with E-state index in [0.717, 1.165) is 18.4 Å². The standard InChI is InChI=1S/C16H22N4O.ClH/c1-20-12-14(11-19-20)8-5-9-18-16(21)15(17)10-13-6-3-2-4-7-13;/h2-4,6-7,11-12,15H,5,8-10,17H2,1H3,(H,18,21);1H/t15-;/m0./s1. The van der Waals surface area contributed by atoms with Crippen LogP contribution in [-0.2, 0) is 24.7 Å². The molecule has 22 heavy (non-hydrogen) atoms. The zero-order chi connectivity index (χ0) is 15.1. The lowest BCUT2D eigenvalue weighted by Crippen LogP contribution is -2.42. The third-order valence-corrected chi connectivity index (χ3v) is 3.34. The predicted octanol–water partition coefficient (Wildman–Crippen LogP) is 1.46. The Labute approximate surface area is 137 Å². The highest BCUT2D eigenvalue weighted by Crippen LogP contribution is 2.02. The molecule has 1 atom stereocenters. The molecule has 1 aromatic carbocycles. The molecule has 120 valence electrons. The van der Waals surface area contributed by atoms with E-state index >= 15 is 0 Å². The van der Waals surface area contributed by atoms with Crippen LogP contribution >= 0.6 is 12.4 Å². The zero-order valence-corrected chi connectivity index (χ0v) is 13.6. The molecule has 0 aliphatic carbocycles. The van der Waals surface area contributed by atoms with Crippen LogP contribution in [-0.4, -0.2) is 28.3 Å². The third kappa shape index (κ3) is 5.87. The summed E-state index contributed by atoms with van der Waals surface area (Å²) in [5.41, 5.74) is 8.18. The van der Waals surface area contributed by atoms with Crippen molar-refractivity contribution in [1.82, 2.24) is 15.1 Å². The Bertz CT molecular complexity index is 571. The molecule has 0 bridgehead atoms. The molecule has 2 rings (SSSR count). The summed E-state index contributed by atoms with van der Waals surface area (Å²) in [4.78, 5) is 11.9. The first-order chi connectivity index (χ1) is 10.1. The highest BCUT2D eigenvalue weighted by Gasteiger charge is 2.13. The Kier molecular flexibility index (Phi) is 7.63. The molecule has 2 aromatic rings. The quantitative estimate of drug-likeness (QED) is 0.758. The van der Waals surface area contributed by atoms with E-state index in [1.54, 1.807) is 4.68 Å². The first kappa shape index (κ1) is 18.2. The Morgan fingerprint density at radius 3 is 2.68 bits per heavy atom. The molecule has 3 N–H and O–H groups in total. The topological polar surface area (TPSA) is 72.9 Å². The number of carbonyl (C=O) groups is 1. The van der Waals surface area contributed by atoms with E-state index in [9.17, 15) is 4.79 Å². The second-order valence-electron chi connectivity index (χ2n) is 5.21. The molecule has 0 fully saturated rings. The summed E-state index contributed by atoms with van der Waals surface area (Å²) in [6.45, 7) is 0.635. The Hall–Kier alpha value is -1.85. The van der Waals surface area contributed by atoms with Crippen LogP contribution in [0.5, 0.6) is 0 Å². The lowest BCUT2D eigenvalue weighted by molar-refractivity contribution is -0.122.